The van der Waals surface area contributed by atoms with E-state index in [2.05, 4.69) is 49.4 Å². The summed E-state index contributed by atoms with van der Waals surface area (Å²) in [6.45, 7) is 0.0742. The van der Waals surface area contributed by atoms with Gasteiger partial charge in [-0.2, -0.15) is 0 Å². The van der Waals surface area contributed by atoms with E-state index < -0.39 is 5.97 Å². The van der Waals surface area contributed by atoms with E-state index in [9.17, 15) is 4.79 Å². The van der Waals surface area contributed by atoms with Crippen molar-refractivity contribution >= 4 is 53.3 Å². The maximum Gasteiger partial charge on any atom is 0.317 e. The number of aliphatic carboxylic acids is 1. The Balaban J connectivity index is 3.01. The molecular weight excluding hydrogens is 367 g/mol. The maximum atomic E-state index is 9.92. The minimum Gasteiger partial charge on any atom is -0.480 e. The summed E-state index contributed by atoms with van der Waals surface area (Å²) in [6.07, 6.45) is 0.808. The highest BCUT2D eigenvalue weighted by Gasteiger charge is 1.97. The maximum absolute atomic E-state index is 9.92. The van der Waals surface area contributed by atoms with Crippen molar-refractivity contribution < 1.29 is 9.90 Å². The van der Waals surface area contributed by atoms with Crippen molar-refractivity contribution in [1.29, 1.82) is 0 Å². The van der Waals surface area contributed by atoms with Gasteiger partial charge in [-0.05, 0) is 44.1 Å². The zero-order valence-electron chi connectivity index (χ0n) is 4.47. The topological polar surface area (TPSA) is 49.3 Å². The lowest BCUT2D eigenvalue weighted by Crippen LogP contribution is -2.21. The molecule has 0 aromatic heterocycles. The quantitative estimate of drug-likeness (QED) is 0.584. The van der Waals surface area contributed by atoms with Crippen LogP contribution in [0.25, 0.3) is 0 Å². The summed E-state index contributed by atoms with van der Waals surface area (Å²) in [5, 5.41) is 11.0. The number of carboxylic acids is 1. The minimum atomic E-state index is -0.792. The smallest absolute Gasteiger partial charge is 0.317 e. The third kappa shape index (κ3) is 9.32. The third-order valence-electron chi connectivity index (χ3n) is 0.508. The monoisotopic (exact) mass is 373 g/mol. The van der Waals surface area contributed by atoms with Gasteiger partial charge >= 0.3 is 5.97 Å². The Bertz CT molecular complexity index is 99.8. The Labute approximate surface area is 80.7 Å². The predicted octanol–water partition coefficient (Wildman–Crippen LogP) is 1.80. The van der Waals surface area contributed by atoms with Gasteiger partial charge in [0.25, 0.3) is 0 Å². The molecule has 0 saturated heterocycles. The van der Waals surface area contributed by atoms with Gasteiger partial charge in [-0.3, -0.25) is 4.79 Å². The summed E-state index contributed by atoms with van der Waals surface area (Å²) in [5.41, 5.74) is 0. The van der Waals surface area contributed by atoms with Gasteiger partial charge in [-0.25, -0.2) is 0 Å². The molecule has 0 amide bonds. The Morgan fingerprint density at radius 2 is 2.22 bits per heavy atom. The van der Waals surface area contributed by atoms with Crippen LogP contribution in [0.4, 0.5) is 0 Å². The van der Waals surface area contributed by atoms with E-state index in [0.717, 1.165) is 6.29 Å². The zero-order valence-corrected chi connectivity index (χ0v) is 9.68. The molecule has 2 N–H and O–H groups in total. The zero-order chi connectivity index (χ0) is 7.28. The lowest BCUT2D eigenvalue weighted by molar-refractivity contribution is -0.135. The van der Waals surface area contributed by atoms with Crippen LogP contribution in [0, 0.1) is 0 Å². The molecule has 0 heterocycles. The summed E-state index contributed by atoms with van der Waals surface area (Å²) in [6, 6.07) is 0. The summed E-state index contributed by atoms with van der Waals surface area (Å²) < 4.78 is -0.0656. The highest BCUT2D eigenvalue weighted by molar-refractivity contribution is 14.3. The van der Waals surface area contributed by atoms with E-state index in [1.165, 1.54) is 0 Å². The fourth-order valence-electron chi connectivity index (χ4n) is 0.247. The van der Waals surface area contributed by atoms with Gasteiger partial charge in [0.1, 0.15) is 0 Å². The van der Waals surface area contributed by atoms with Crippen LogP contribution < -0.4 is 5.32 Å². The number of carbonyl (C=O) groups is 1. The van der Waals surface area contributed by atoms with E-state index in [0.29, 0.717) is 0 Å². The van der Waals surface area contributed by atoms with Crippen molar-refractivity contribution in [3.63, 3.8) is 0 Å². The Morgan fingerprint density at radius 3 is 2.56 bits per heavy atom. The molecule has 0 aromatic rings. The second-order valence-electron chi connectivity index (χ2n) is 1.28. The average Bonchev–Trinajstić information content (AvgIpc) is 1.63. The van der Waals surface area contributed by atoms with Crippen LogP contribution in [0.3, 0.4) is 0 Å². The van der Waals surface area contributed by atoms with Crippen molar-refractivity contribution in [2.24, 2.45) is 0 Å². The largest absolute Gasteiger partial charge is 0.480 e. The average molecular weight is 373 g/mol. The van der Waals surface area contributed by atoms with Gasteiger partial charge in [0.05, 0.1) is 6.54 Å². The van der Waals surface area contributed by atoms with Crippen LogP contribution >= 0.6 is 47.3 Å². The molecule has 0 bridgehead atoms. The molecule has 0 aliphatic rings. The van der Waals surface area contributed by atoms with Crippen LogP contribution in [0.5, 0.6) is 0 Å². The van der Waals surface area contributed by atoms with Crippen LogP contribution in [0.2, 0.25) is 0 Å². The molecular formula is C3H6I2NO2P. The minimum absolute atomic E-state index is 0.0656. The lowest BCUT2D eigenvalue weighted by Gasteiger charge is -2.00. The predicted molar refractivity (Wildman–Crippen MR) is 55.5 cm³/mol. The van der Waals surface area contributed by atoms with Crippen molar-refractivity contribution in [2.45, 2.75) is 0 Å². The molecule has 0 aliphatic carbocycles. The first-order valence-electron chi connectivity index (χ1n) is 2.14. The molecule has 54 valence electrons. The van der Waals surface area contributed by atoms with Crippen molar-refractivity contribution in [3.05, 3.63) is 0 Å². The summed E-state index contributed by atoms with van der Waals surface area (Å²) in [5.74, 6) is -0.792. The Kier molecular flexibility index (Phi) is 6.95. The van der Waals surface area contributed by atoms with Gasteiger partial charge in [0.15, 0.2) is 0 Å². The first-order valence-corrected chi connectivity index (χ1v) is 9.24. The molecule has 0 radical (unpaired) electrons. The van der Waals surface area contributed by atoms with E-state index in [-0.39, 0.29) is 9.75 Å². The summed E-state index contributed by atoms with van der Waals surface area (Å²) >= 11 is 4.57. The van der Waals surface area contributed by atoms with Crippen LogP contribution in [-0.2, 0) is 4.79 Å². The molecule has 0 spiro atoms. The fraction of sp³-hybridized carbons (Fsp3) is 0.667. The molecule has 3 nitrogen and oxygen atoms in total. The van der Waals surface area contributed by atoms with Crippen LogP contribution in [0.15, 0.2) is 0 Å². The lowest BCUT2D eigenvalue weighted by atomic mass is 10.7. The molecule has 6 heteroatoms. The van der Waals surface area contributed by atoms with Gasteiger partial charge in [0, 0.05) is 9.49 Å². The first kappa shape index (κ1) is 10.3. The van der Waals surface area contributed by atoms with E-state index >= 15 is 0 Å². The van der Waals surface area contributed by atoms with Crippen LogP contribution in [-0.4, -0.2) is 23.9 Å². The highest BCUT2D eigenvalue weighted by atomic mass is 127. The number of hydrogen-bond acceptors (Lipinski definition) is 2. The summed E-state index contributed by atoms with van der Waals surface area (Å²) in [7, 11) is 0. The Morgan fingerprint density at radius 1 is 1.67 bits per heavy atom. The van der Waals surface area contributed by atoms with Crippen molar-refractivity contribution in [2.75, 3.05) is 12.8 Å². The number of rotatable bonds is 4. The number of nitrogens with one attached hydrogen (secondary N) is 1. The van der Waals surface area contributed by atoms with Gasteiger partial charge < -0.3 is 10.4 Å². The fourth-order valence-corrected chi connectivity index (χ4v) is 1.98. The molecule has 0 atom stereocenters. The molecule has 0 aliphatic heterocycles. The highest BCUT2D eigenvalue weighted by Crippen LogP contribution is 2.52. The van der Waals surface area contributed by atoms with E-state index in [1.54, 1.807) is 0 Å². The number of hydrogen-bond donors (Lipinski definition) is 2. The number of halogens is 2. The molecule has 0 fully saturated rings. The van der Waals surface area contributed by atoms with Gasteiger partial charge in [-0.15, -0.1) is 0 Å². The number of carboxylic acid groups (broad SMARTS) is 1. The van der Waals surface area contributed by atoms with E-state index in [4.69, 9.17) is 5.11 Å². The Hall–Kier alpha value is 1.32. The second-order valence-corrected chi connectivity index (χ2v) is 14.7. The van der Waals surface area contributed by atoms with Gasteiger partial charge in [-0.1, -0.05) is 0 Å². The van der Waals surface area contributed by atoms with Crippen LogP contribution in [0.1, 0.15) is 0 Å². The molecule has 9 heavy (non-hydrogen) atoms. The third-order valence-corrected chi connectivity index (χ3v) is 3.02. The molecule has 0 aromatic carbocycles. The van der Waals surface area contributed by atoms with Crippen molar-refractivity contribution in [1.82, 2.24) is 5.32 Å². The van der Waals surface area contributed by atoms with Gasteiger partial charge in [0.2, 0.25) is 0 Å². The van der Waals surface area contributed by atoms with E-state index in [1.807, 2.05) is 0 Å². The molecule has 0 unspecified atom stereocenters. The standard InChI is InChI=1S/C3H6I2NO2P/c4-9(5)2-6-1-3(7)8/h6H,1-2H2,(H,7,8). The molecule has 0 saturated carbocycles. The normalized spacial score (nSPS) is 10.1. The second kappa shape index (κ2) is 6.06. The molecule has 0 rings (SSSR count). The SMILES string of the molecule is O=C(O)CNCP(I)I. The van der Waals surface area contributed by atoms with Crippen molar-refractivity contribution in [3.8, 4) is 0 Å². The first-order chi connectivity index (χ1) is 4.13. The summed E-state index contributed by atoms with van der Waals surface area (Å²) in [4.78, 5) is 9.92.